The van der Waals surface area contributed by atoms with E-state index in [1.807, 2.05) is 29.3 Å². The van der Waals surface area contributed by atoms with E-state index in [4.69, 9.17) is 0 Å². The van der Waals surface area contributed by atoms with Gasteiger partial charge < -0.3 is 15.2 Å². The minimum Gasteiger partial charge on any atom is -0.361 e. The summed E-state index contributed by atoms with van der Waals surface area (Å²) in [5.74, 6) is 0.215. The number of hydrogen-bond donors (Lipinski definition) is 2. The molecule has 0 radical (unpaired) electrons. The predicted octanol–water partition coefficient (Wildman–Crippen LogP) is 2.75. The van der Waals surface area contributed by atoms with Crippen molar-refractivity contribution in [1.29, 1.82) is 0 Å². The zero-order valence-electron chi connectivity index (χ0n) is 14.2. The van der Waals surface area contributed by atoms with E-state index >= 15 is 0 Å². The number of rotatable bonds is 5. The SMILES string of the molecule is O=C1C(Cc2c[nH]c3ccccc23)NCCN1CCc1ccccc1. The lowest BCUT2D eigenvalue weighted by Gasteiger charge is -2.33. The van der Waals surface area contributed by atoms with Crippen molar-refractivity contribution in [3.8, 4) is 0 Å². The highest BCUT2D eigenvalue weighted by molar-refractivity contribution is 5.86. The number of amides is 1. The van der Waals surface area contributed by atoms with Crippen molar-refractivity contribution in [2.75, 3.05) is 19.6 Å². The van der Waals surface area contributed by atoms with Gasteiger partial charge in [-0.1, -0.05) is 48.5 Å². The molecule has 2 aromatic carbocycles. The maximum Gasteiger partial charge on any atom is 0.240 e. The van der Waals surface area contributed by atoms with E-state index < -0.39 is 0 Å². The summed E-state index contributed by atoms with van der Waals surface area (Å²) in [6.07, 6.45) is 3.67. The summed E-state index contributed by atoms with van der Waals surface area (Å²) in [6.45, 7) is 2.43. The molecule has 128 valence electrons. The number of nitrogens with one attached hydrogen (secondary N) is 2. The molecule has 1 amide bonds. The Labute approximate surface area is 147 Å². The zero-order chi connectivity index (χ0) is 17.1. The Bertz CT molecular complexity index is 856. The first-order valence-corrected chi connectivity index (χ1v) is 8.92. The lowest BCUT2D eigenvalue weighted by molar-refractivity contribution is -0.135. The van der Waals surface area contributed by atoms with Crippen LogP contribution in [-0.4, -0.2) is 41.5 Å². The van der Waals surface area contributed by atoms with Crippen LogP contribution in [0.4, 0.5) is 0 Å². The molecule has 1 atom stereocenters. The van der Waals surface area contributed by atoms with E-state index in [2.05, 4.69) is 46.7 Å². The van der Waals surface area contributed by atoms with Gasteiger partial charge in [0.05, 0.1) is 6.04 Å². The quantitative estimate of drug-likeness (QED) is 0.754. The fourth-order valence-electron chi connectivity index (χ4n) is 3.60. The van der Waals surface area contributed by atoms with Gasteiger partial charge in [0.15, 0.2) is 0 Å². The molecule has 1 saturated heterocycles. The molecule has 0 bridgehead atoms. The largest absolute Gasteiger partial charge is 0.361 e. The second-order valence-corrected chi connectivity index (χ2v) is 6.63. The monoisotopic (exact) mass is 333 g/mol. The molecule has 2 N–H and O–H groups in total. The lowest BCUT2D eigenvalue weighted by atomic mass is 10.0. The van der Waals surface area contributed by atoms with E-state index in [9.17, 15) is 4.79 Å². The molecule has 25 heavy (non-hydrogen) atoms. The standard InChI is InChI=1S/C21H23N3O/c25-21-20(14-17-15-23-19-9-5-4-8-18(17)19)22-11-13-24(21)12-10-16-6-2-1-3-7-16/h1-9,15,20,22-23H,10-14H2. The topological polar surface area (TPSA) is 48.1 Å². The highest BCUT2D eigenvalue weighted by Gasteiger charge is 2.28. The van der Waals surface area contributed by atoms with Crippen LogP contribution in [0.5, 0.6) is 0 Å². The van der Waals surface area contributed by atoms with Crippen molar-refractivity contribution in [3.05, 3.63) is 71.9 Å². The average Bonchev–Trinajstić information content (AvgIpc) is 3.06. The van der Waals surface area contributed by atoms with Gasteiger partial charge in [-0.05, 0) is 30.0 Å². The minimum absolute atomic E-state index is 0.135. The fourth-order valence-corrected chi connectivity index (χ4v) is 3.60. The van der Waals surface area contributed by atoms with E-state index in [0.717, 1.165) is 38.0 Å². The Kier molecular flexibility index (Phi) is 4.53. The van der Waals surface area contributed by atoms with Gasteiger partial charge in [-0.3, -0.25) is 4.79 Å². The molecular weight excluding hydrogens is 310 g/mol. The maximum atomic E-state index is 12.9. The van der Waals surface area contributed by atoms with Gasteiger partial charge in [0.2, 0.25) is 5.91 Å². The number of para-hydroxylation sites is 1. The fraction of sp³-hybridized carbons (Fsp3) is 0.286. The lowest BCUT2D eigenvalue weighted by Crippen LogP contribution is -2.56. The summed E-state index contributed by atoms with van der Waals surface area (Å²) in [5.41, 5.74) is 3.61. The van der Waals surface area contributed by atoms with Crippen LogP contribution in [-0.2, 0) is 17.6 Å². The van der Waals surface area contributed by atoms with Crippen molar-refractivity contribution < 1.29 is 4.79 Å². The molecule has 3 aromatic rings. The molecule has 1 aliphatic rings. The Morgan fingerprint density at radius 1 is 1.04 bits per heavy atom. The van der Waals surface area contributed by atoms with Gasteiger partial charge >= 0.3 is 0 Å². The van der Waals surface area contributed by atoms with E-state index in [0.29, 0.717) is 0 Å². The summed E-state index contributed by atoms with van der Waals surface area (Å²) < 4.78 is 0. The first kappa shape index (κ1) is 15.9. The first-order valence-electron chi connectivity index (χ1n) is 8.92. The molecule has 4 rings (SSSR count). The maximum absolute atomic E-state index is 12.9. The summed E-state index contributed by atoms with van der Waals surface area (Å²) in [7, 11) is 0. The smallest absolute Gasteiger partial charge is 0.240 e. The first-order chi connectivity index (χ1) is 12.3. The van der Waals surface area contributed by atoms with Crippen LogP contribution < -0.4 is 5.32 Å². The number of H-pyrrole nitrogens is 1. The highest BCUT2D eigenvalue weighted by Crippen LogP contribution is 2.20. The third-order valence-electron chi connectivity index (χ3n) is 4.99. The molecule has 1 unspecified atom stereocenters. The number of carbonyl (C=O) groups is 1. The molecule has 2 heterocycles. The molecule has 0 aliphatic carbocycles. The zero-order valence-corrected chi connectivity index (χ0v) is 14.2. The number of fused-ring (bicyclic) bond motifs is 1. The highest BCUT2D eigenvalue weighted by atomic mass is 16.2. The van der Waals surface area contributed by atoms with Crippen LogP contribution >= 0.6 is 0 Å². The van der Waals surface area contributed by atoms with Crippen LogP contribution in [0, 0.1) is 0 Å². The number of benzene rings is 2. The van der Waals surface area contributed by atoms with Crippen LogP contribution in [0.3, 0.4) is 0 Å². The van der Waals surface area contributed by atoms with Crippen molar-refractivity contribution >= 4 is 16.8 Å². The van der Waals surface area contributed by atoms with Gasteiger partial charge in [-0.15, -0.1) is 0 Å². The van der Waals surface area contributed by atoms with Crippen molar-refractivity contribution in [3.63, 3.8) is 0 Å². The van der Waals surface area contributed by atoms with Gasteiger partial charge in [0, 0.05) is 36.7 Å². The molecule has 4 nitrogen and oxygen atoms in total. The van der Waals surface area contributed by atoms with Gasteiger partial charge in [0.1, 0.15) is 0 Å². The number of carbonyl (C=O) groups excluding carboxylic acids is 1. The van der Waals surface area contributed by atoms with Crippen LogP contribution in [0.25, 0.3) is 10.9 Å². The summed E-state index contributed by atoms with van der Waals surface area (Å²) in [5, 5.41) is 4.60. The number of piperazine rings is 1. The molecule has 1 aromatic heterocycles. The normalized spacial score (nSPS) is 18.0. The molecule has 4 heteroatoms. The number of nitrogens with zero attached hydrogens (tertiary/aromatic N) is 1. The second-order valence-electron chi connectivity index (χ2n) is 6.63. The Morgan fingerprint density at radius 3 is 2.72 bits per heavy atom. The molecule has 0 saturated carbocycles. The predicted molar refractivity (Wildman–Crippen MR) is 101 cm³/mol. The molecule has 1 fully saturated rings. The third-order valence-corrected chi connectivity index (χ3v) is 4.99. The minimum atomic E-state index is -0.135. The van der Waals surface area contributed by atoms with Gasteiger partial charge in [-0.2, -0.15) is 0 Å². The third kappa shape index (κ3) is 3.44. The molecule has 1 aliphatic heterocycles. The van der Waals surface area contributed by atoms with Crippen LogP contribution in [0.2, 0.25) is 0 Å². The Hall–Kier alpha value is -2.59. The average molecular weight is 333 g/mol. The molecular formula is C21H23N3O. The Balaban J connectivity index is 1.43. The second kappa shape index (κ2) is 7.11. The van der Waals surface area contributed by atoms with Crippen molar-refractivity contribution in [2.45, 2.75) is 18.9 Å². The van der Waals surface area contributed by atoms with Crippen molar-refractivity contribution in [1.82, 2.24) is 15.2 Å². The Morgan fingerprint density at radius 2 is 1.84 bits per heavy atom. The number of aromatic amines is 1. The van der Waals surface area contributed by atoms with E-state index in [-0.39, 0.29) is 11.9 Å². The van der Waals surface area contributed by atoms with Crippen molar-refractivity contribution in [2.24, 2.45) is 0 Å². The van der Waals surface area contributed by atoms with E-state index in [1.165, 1.54) is 16.5 Å². The van der Waals surface area contributed by atoms with Gasteiger partial charge in [-0.25, -0.2) is 0 Å². The van der Waals surface area contributed by atoms with Crippen LogP contribution in [0.15, 0.2) is 60.8 Å². The number of aromatic nitrogens is 1. The van der Waals surface area contributed by atoms with Crippen LogP contribution in [0.1, 0.15) is 11.1 Å². The summed E-state index contributed by atoms with van der Waals surface area (Å²) >= 11 is 0. The van der Waals surface area contributed by atoms with Gasteiger partial charge in [0.25, 0.3) is 0 Å². The molecule has 0 spiro atoms. The van der Waals surface area contributed by atoms with E-state index in [1.54, 1.807) is 0 Å². The number of hydrogen-bond acceptors (Lipinski definition) is 2. The summed E-state index contributed by atoms with van der Waals surface area (Å²) in [6, 6.07) is 18.5. The summed E-state index contributed by atoms with van der Waals surface area (Å²) in [4.78, 5) is 18.2.